The van der Waals surface area contributed by atoms with Gasteiger partial charge in [0.1, 0.15) is 12.4 Å². The van der Waals surface area contributed by atoms with Crippen molar-refractivity contribution in [2.75, 3.05) is 20.7 Å². The molecule has 1 heterocycles. The molecule has 7 heteroatoms. The Labute approximate surface area is 161 Å². The highest BCUT2D eigenvalue weighted by Crippen LogP contribution is 2.28. The maximum absolute atomic E-state index is 12.3. The summed E-state index contributed by atoms with van der Waals surface area (Å²) >= 11 is 12.0. The molecule has 26 heavy (non-hydrogen) atoms. The number of benzene rings is 2. The highest BCUT2D eigenvalue weighted by molar-refractivity contribution is 6.35. The number of ether oxygens (including phenoxy) is 2. The number of carbonyl (C=O) groups excluding carboxylic acids is 1. The van der Waals surface area contributed by atoms with Gasteiger partial charge in [0.05, 0.1) is 10.7 Å². The Morgan fingerprint density at radius 2 is 1.88 bits per heavy atom. The molecule has 0 saturated heterocycles. The van der Waals surface area contributed by atoms with Crippen molar-refractivity contribution in [2.24, 2.45) is 4.99 Å². The average Bonchev–Trinajstić information content (AvgIpc) is 2.99. The Hall–Kier alpha value is -2.50. The van der Waals surface area contributed by atoms with Gasteiger partial charge in [-0.05, 0) is 30.3 Å². The van der Waals surface area contributed by atoms with Crippen LogP contribution < -0.4 is 4.74 Å². The van der Waals surface area contributed by atoms with E-state index in [1.807, 2.05) is 30.3 Å². The average molecular weight is 391 g/mol. The molecule has 0 N–H and O–H groups in total. The van der Waals surface area contributed by atoms with E-state index in [9.17, 15) is 4.79 Å². The molecule has 1 aliphatic rings. The molecule has 3 rings (SSSR count). The van der Waals surface area contributed by atoms with Crippen molar-refractivity contribution in [1.29, 1.82) is 0 Å². The number of halogens is 2. The summed E-state index contributed by atoms with van der Waals surface area (Å²) in [7, 11) is 3.61. The normalized spacial score (nSPS) is 15.4. The molecule has 0 aliphatic carbocycles. The quantitative estimate of drug-likeness (QED) is 0.568. The van der Waals surface area contributed by atoms with E-state index < -0.39 is 5.97 Å². The van der Waals surface area contributed by atoms with Crippen LogP contribution in [0.5, 0.6) is 5.75 Å². The fourth-order valence-electron chi connectivity index (χ4n) is 2.34. The van der Waals surface area contributed by atoms with Crippen molar-refractivity contribution in [3.63, 3.8) is 0 Å². The van der Waals surface area contributed by atoms with Gasteiger partial charge < -0.3 is 14.4 Å². The lowest BCUT2D eigenvalue weighted by molar-refractivity contribution is -0.130. The van der Waals surface area contributed by atoms with Gasteiger partial charge in [-0.2, -0.15) is 0 Å². The molecular formula is C19H16Cl2N2O3. The first-order chi connectivity index (χ1) is 12.5. The van der Waals surface area contributed by atoms with Crippen LogP contribution in [0, 0.1) is 0 Å². The van der Waals surface area contributed by atoms with E-state index in [0.29, 0.717) is 21.5 Å². The van der Waals surface area contributed by atoms with Crippen LogP contribution in [-0.4, -0.2) is 37.5 Å². The Morgan fingerprint density at radius 1 is 1.15 bits per heavy atom. The Bertz CT molecular complexity index is 893. The molecule has 5 nitrogen and oxygen atoms in total. The zero-order valence-electron chi connectivity index (χ0n) is 14.2. The SMILES string of the molecule is CN(C)/C(COc1ccc(Cl)cc1Cl)=C1\N=C(c2ccccc2)OC1=O. The van der Waals surface area contributed by atoms with Crippen LogP contribution in [0.15, 0.2) is 64.9 Å². The fraction of sp³-hybridized carbons (Fsp3) is 0.158. The van der Waals surface area contributed by atoms with Crippen LogP contribution in [0.3, 0.4) is 0 Å². The van der Waals surface area contributed by atoms with E-state index in [-0.39, 0.29) is 18.2 Å². The van der Waals surface area contributed by atoms with E-state index in [1.165, 1.54) is 0 Å². The van der Waals surface area contributed by atoms with E-state index in [2.05, 4.69) is 4.99 Å². The second-order valence-electron chi connectivity index (χ2n) is 5.73. The first-order valence-electron chi connectivity index (χ1n) is 7.80. The predicted octanol–water partition coefficient (Wildman–Crippen LogP) is 4.15. The molecule has 0 saturated carbocycles. The summed E-state index contributed by atoms with van der Waals surface area (Å²) in [6.45, 7) is 0.102. The molecule has 0 fully saturated rings. The maximum Gasteiger partial charge on any atom is 0.365 e. The monoisotopic (exact) mass is 390 g/mol. The molecule has 1 aliphatic heterocycles. The van der Waals surface area contributed by atoms with Crippen LogP contribution >= 0.6 is 23.2 Å². The number of esters is 1. The second kappa shape index (κ2) is 7.81. The first kappa shape index (κ1) is 18.3. The van der Waals surface area contributed by atoms with Gasteiger partial charge in [-0.25, -0.2) is 9.79 Å². The number of hydrogen-bond donors (Lipinski definition) is 0. The highest BCUT2D eigenvalue weighted by atomic mass is 35.5. The Kier molecular flexibility index (Phi) is 5.49. The van der Waals surface area contributed by atoms with Crippen LogP contribution in [0.2, 0.25) is 10.0 Å². The van der Waals surface area contributed by atoms with Gasteiger partial charge in [0.25, 0.3) is 0 Å². The summed E-state index contributed by atoms with van der Waals surface area (Å²) in [6.07, 6.45) is 0. The number of aliphatic imine (C=N–C) groups is 1. The van der Waals surface area contributed by atoms with Gasteiger partial charge >= 0.3 is 5.97 Å². The number of likely N-dealkylation sites (N-methyl/N-ethyl adjacent to an activating group) is 1. The van der Waals surface area contributed by atoms with Crippen molar-refractivity contribution < 1.29 is 14.3 Å². The molecule has 2 aromatic carbocycles. The fourth-order valence-corrected chi connectivity index (χ4v) is 2.80. The van der Waals surface area contributed by atoms with E-state index in [4.69, 9.17) is 32.7 Å². The largest absolute Gasteiger partial charge is 0.486 e. The maximum atomic E-state index is 12.3. The van der Waals surface area contributed by atoms with Crippen LogP contribution in [0.4, 0.5) is 0 Å². The van der Waals surface area contributed by atoms with Crippen LogP contribution in [0.25, 0.3) is 0 Å². The van der Waals surface area contributed by atoms with Crippen LogP contribution in [0.1, 0.15) is 5.56 Å². The summed E-state index contributed by atoms with van der Waals surface area (Å²) in [5.74, 6) is 0.225. The lowest BCUT2D eigenvalue weighted by atomic mass is 10.2. The number of rotatable bonds is 5. The highest BCUT2D eigenvalue weighted by Gasteiger charge is 2.28. The summed E-state index contributed by atoms with van der Waals surface area (Å²) in [5.41, 5.74) is 1.52. The molecule has 2 aromatic rings. The minimum absolute atomic E-state index is 0.102. The summed E-state index contributed by atoms with van der Waals surface area (Å²) in [6, 6.07) is 14.2. The smallest absolute Gasteiger partial charge is 0.365 e. The van der Waals surface area contributed by atoms with Crippen molar-refractivity contribution in [1.82, 2.24) is 4.90 Å². The number of carbonyl (C=O) groups is 1. The minimum Gasteiger partial charge on any atom is -0.486 e. The Morgan fingerprint density at radius 3 is 2.54 bits per heavy atom. The first-order valence-corrected chi connectivity index (χ1v) is 8.56. The van der Waals surface area contributed by atoms with Crippen molar-refractivity contribution in [2.45, 2.75) is 0 Å². The molecule has 0 radical (unpaired) electrons. The van der Waals surface area contributed by atoms with Crippen molar-refractivity contribution >= 4 is 35.1 Å². The van der Waals surface area contributed by atoms with E-state index >= 15 is 0 Å². The zero-order chi connectivity index (χ0) is 18.7. The van der Waals surface area contributed by atoms with Gasteiger partial charge in [0.2, 0.25) is 5.90 Å². The summed E-state index contributed by atoms with van der Waals surface area (Å²) < 4.78 is 11.1. The number of cyclic esters (lactones) is 1. The van der Waals surface area contributed by atoms with Gasteiger partial charge in [0, 0.05) is 24.7 Å². The van der Waals surface area contributed by atoms with Gasteiger partial charge in [-0.3, -0.25) is 0 Å². The van der Waals surface area contributed by atoms with Crippen molar-refractivity contribution in [3.05, 3.63) is 75.5 Å². The second-order valence-corrected chi connectivity index (χ2v) is 6.57. The van der Waals surface area contributed by atoms with Crippen LogP contribution in [-0.2, 0) is 9.53 Å². The molecule has 0 atom stereocenters. The van der Waals surface area contributed by atoms with Gasteiger partial charge in [0.15, 0.2) is 5.70 Å². The third kappa shape index (κ3) is 4.00. The minimum atomic E-state index is -0.515. The lowest BCUT2D eigenvalue weighted by Gasteiger charge is -2.18. The zero-order valence-corrected chi connectivity index (χ0v) is 15.7. The Balaban J connectivity index is 1.88. The predicted molar refractivity (Wildman–Crippen MR) is 102 cm³/mol. The summed E-state index contributed by atoms with van der Waals surface area (Å²) in [4.78, 5) is 18.4. The molecule has 134 valence electrons. The van der Waals surface area contributed by atoms with E-state index in [0.717, 1.165) is 5.56 Å². The molecule has 0 bridgehead atoms. The molecule has 0 unspecified atom stereocenters. The van der Waals surface area contributed by atoms with Gasteiger partial charge in [-0.15, -0.1) is 0 Å². The van der Waals surface area contributed by atoms with E-state index in [1.54, 1.807) is 37.2 Å². The standard InChI is InChI=1S/C19H16Cl2N2O3/c1-23(2)15(11-25-16-9-8-13(20)10-14(16)21)17-19(24)26-18(22-17)12-6-4-3-5-7-12/h3-10H,11H2,1-2H3/b17-15-. The topological polar surface area (TPSA) is 51.1 Å². The van der Waals surface area contributed by atoms with Gasteiger partial charge in [-0.1, -0.05) is 41.4 Å². The molecule has 0 amide bonds. The number of hydrogen-bond acceptors (Lipinski definition) is 5. The molecular weight excluding hydrogens is 375 g/mol. The summed E-state index contributed by atoms with van der Waals surface area (Å²) in [5, 5.41) is 0.910. The molecule has 0 aromatic heterocycles. The third-order valence-corrected chi connectivity index (χ3v) is 4.22. The molecule has 0 spiro atoms. The lowest BCUT2D eigenvalue weighted by Crippen LogP contribution is -2.21. The van der Waals surface area contributed by atoms with Crippen molar-refractivity contribution in [3.8, 4) is 5.75 Å². The number of nitrogens with zero attached hydrogens (tertiary/aromatic N) is 2. The third-order valence-electron chi connectivity index (χ3n) is 3.69.